The average molecular weight is 787 g/mol. The molecule has 4 aromatic rings. The number of anilines is 1. The smallest absolute Gasteiger partial charge is 0.407 e. The number of aromatic amines is 1. The fourth-order valence-electron chi connectivity index (χ4n) is 9.00. The molecule has 58 heavy (non-hydrogen) atoms. The number of rotatable bonds is 15. The molecule has 3 amide bonds. The zero-order valence-electron chi connectivity index (χ0n) is 35.4. The van der Waals surface area contributed by atoms with Gasteiger partial charge in [-0.2, -0.15) is 0 Å². The third-order valence-electron chi connectivity index (χ3n) is 12.2. The predicted octanol–water partition coefficient (Wildman–Crippen LogP) is 10.1. The summed E-state index contributed by atoms with van der Waals surface area (Å²) in [6.07, 6.45) is 10.0. The number of allylic oxidation sites excluding steroid dienone is 1. The Bertz CT molecular complexity index is 2070. The topological polar surface area (TPSA) is 120 Å². The Balaban J connectivity index is 1.32. The molecular formula is C48H62N6O4. The van der Waals surface area contributed by atoms with Gasteiger partial charge in [-0.25, -0.2) is 9.78 Å². The van der Waals surface area contributed by atoms with E-state index in [-0.39, 0.29) is 23.7 Å². The summed E-state index contributed by atoms with van der Waals surface area (Å²) in [5.74, 6) is 0.740. The molecule has 1 aromatic heterocycles. The van der Waals surface area contributed by atoms with Gasteiger partial charge in [-0.1, -0.05) is 95.6 Å². The van der Waals surface area contributed by atoms with Gasteiger partial charge in [-0.15, -0.1) is 6.58 Å². The number of carbonyl (C=O) groups is 3. The number of ether oxygens (including phenoxy) is 1. The highest BCUT2D eigenvalue weighted by molar-refractivity contribution is 5.99. The summed E-state index contributed by atoms with van der Waals surface area (Å²) < 4.78 is 4.77. The molecule has 0 aliphatic carbocycles. The molecule has 5 unspecified atom stereocenters. The van der Waals surface area contributed by atoms with Gasteiger partial charge in [0.15, 0.2) is 0 Å². The predicted molar refractivity (Wildman–Crippen MR) is 234 cm³/mol. The largest absolute Gasteiger partial charge is 0.453 e. The number of nitrogens with one attached hydrogen (secondary N) is 3. The van der Waals surface area contributed by atoms with Crippen LogP contribution in [0.3, 0.4) is 0 Å². The number of likely N-dealkylation sites (tertiary alicyclic amines) is 2. The molecule has 10 nitrogen and oxygen atoms in total. The van der Waals surface area contributed by atoms with E-state index in [4.69, 9.17) is 9.72 Å². The maximum atomic E-state index is 13.9. The molecule has 3 N–H and O–H groups in total. The van der Waals surface area contributed by atoms with Crippen molar-refractivity contribution in [1.29, 1.82) is 0 Å². The molecule has 3 heterocycles. The minimum Gasteiger partial charge on any atom is -0.453 e. The van der Waals surface area contributed by atoms with E-state index in [0.717, 1.165) is 60.4 Å². The Hall–Kier alpha value is -5.22. The number of amides is 3. The molecular weight excluding hydrogens is 725 g/mol. The Kier molecular flexibility index (Phi) is 13.9. The first kappa shape index (κ1) is 42.4. The summed E-state index contributed by atoms with van der Waals surface area (Å²) in [5.41, 5.74) is 9.93. The highest BCUT2D eigenvalue weighted by Gasteiger charge is 2.39. The van der Waals surface area contributed by atoms with Crippen LogP contribution >= 0.6 is 0 Å². The van der Waals surface area contributed by atoms with Gasteiger partial charge in [-0.3, -0.25) is 14.5 Å². The van der Waals surface area contributed by atoms with E-state index in [1.807, 2.05) is 44.3 Å². The second-order valence-electron chi connectivity index (χ2n) is 16.4. The SMILES string of the molecule is C=CC(C)c1c(-c2cccc(NC(=O)C3CCCN3C(=O)C(NC(=O)OC)C(C)C)c2)ccc(-c2ccc(-c3cnc(C4CCCN4C)[nH]3)cc2)c1C(CC)CCC. The van der Waals surface area contributed by atoms with Crippen LogP contribution in [0.2, 0.25) is 0 Å². The summed E-state index contributed by atoms with van der Waals surface area (Å²) in [6.45, 7) is 16.3. The standard InChI is InChI=1S/C48H62N6O4/c1-9-15-32(11-3)43-37(33-20-22-34(23-21-33)39-29-49-45(51-39)40-18-13-26-53(40)7)24-25-38(42(43)31(6)10-2)35-16-12-17-36(28-35)50-46(55)41-19-14-27-54(41)47(56)44(30(4)5)52-48(57)58-8/h10,12,16-17,20-25,28-32,40-41,44H,2,9,11,13-15,18-19,26-27H2,1,3-8H3,(H,49,51)(H,50,55)(H,52,57). The molecule has 3 aromatic carbocycles. The minimum absolute atomic E-state index is 0.0658. The van der Waals surface area contributed by atoms with Crippen LogP contribution in [0.4, 0.5) is 10.5 Å². The number of carbonyl (C=O) groups excluding carboxylic acids is 3. The van der Waals surface area contributed by atoms with Crippen LogP contribution in [0.15, 0.2) is 79.5 Å². The van der Waals surface area contributed by atoms with E-state index >= 15 is 0 Å². The first-order chi connectivity index (χ1) is 28.0. The normalized spacial score (nSPS) is 18.5. The number of aromatic nitrogens is 2. The summed E-state index contributed by atoms with van der Waals surface area (Å²) in [4.78, 5) is 51.9. The molecule has 2 saturated heterocycles. The molecule has 2 fully saturated rings. The van der Waals surface area contributed by atoms with Crippen molar-refractivity contribution in [2.45, 2.75) is 110 Å². The summed E-state index contributed by atoms with van der Waals surface area (Å²) >= 11 is 0. The molecule has 0 bridgehead atoms. The van der Waals surface area contributed by atoms with Crippen LogP contribution in [-0.2, 0) is 14.3 Å². The minimum atomic E-state index is -0.794. The molecule has 2 aliphatic heterocycles. The highest BCUT2D eigenvalue weighted by atomic mass is 16.5. The molecule has 5 atom stereocenters. The van der Waals surface area contributed by atoms with Crippen molar-refractivity contribution in [3.63, 3.8) is 0 Å². The van der Waals surface area contributed by atoms with Crippen molar-refractivity contribution in [3.05, 3.63) is 96.5 Å². The van der Waals surface area contributed by atoms with Crippen molar-refractivity contribution in [3.8, 4) is 33.5 Å². The maximum absolute atomic E-state index is 13.9. The van der Waals surface area contributed by atoms with Gasteiger partial charge in [0.25, 0.3) is 0 Å². The Morgan fingerprint density at radius 3 is 2.29 bits per heavy atom. The van der Waals surface area contributed by atoms with Crippen LogP contribution in [0.1, 0.15) is 114 Å². The van der Waals surface area contributed by atoms with E-state index in [1.54, 1.807) is 4.90 Å². The lowest BCUT2D eigenvalue weighted by Gasteiger charge is -2.30. The van der Waals surface area contributed by atoms with E-state index < -0.39 is 18.2 Å². The number of hydrogen-bond acceptors (Lipinski definition) is 6. The summed E-state index contributed by atoms with van der Waals surface area (Å²) in [6, 6.07) is 20.3. The molecule has 0 saturated carbocycles. The highest BCUT2D eigenvalue weighted by Crippen LogP contribution is 2.45. The molecule has 10 heteroatoms. The van der Waals surface area contributed by atoms with Gasteiger partial charge in [0.2, 0.25) is 11.8 Å². The molecule has 2 aliphatic rings. The third-order valence-corrected chi connectivity index (χ3v) is 12.2. The van der Waals surface area contributed by atoms with Crippen LogP contribution < -0.4 is 10.6 Å². The van der Waals surface area contributed by atoms with E-state index in [1.165, 1.54) is 35.8 Å². The lowest BCUT2D eigenvalue weighted by atomic mass is 9.76. The molecule has 0 radical (unpaired) electrons. The van der Waals surface area contributed by atoms with Gasteiger partial charge in [0.05, 0.1) is 25.0 Å². The van der Waals surface area contributed by atoms with Crippen LogP contribution in [0, 0.1) is 5.92 Å². The quantitative estimate of drug-likeness (QED) is 0.103. The number of alkyl carbamates (subject to hydrolysis) is 1. The fraction of sp³-hybridized carbons (Fsp3) is 0.458. The number of methoxy groups -OCH3 is 1. The van der Waals surface area contributed by atoms with Crippen molar-refractivity contribution < 1.29 is 19.1 Å². The Labute approximate surface area is 344 Å². The Morgan fingerprint density at radius 1 is 0.948 bits per heavy atom. The maximum Gasteiger partial charge on any atom is 0.407 e. The number of imidazole rings is 1. The van der Waals surface area contributed by atoms with Crippen LogP contribution in [-0.4, -0.2) is 77.0 Å². The summed E-state index contributed by atoms with van der Waals surface area (Å²) in [5, 5.41) is 5.79. The van der Waals surface area contributed by atoms with E-state index in [2.05, 4.69) is 97.4 Å². The first-order valence-electron chi connectivity index (χ1n) is 21.2. The zero-order valence-corrected chi connectivity index (χ0v) is 35.4. The third kappa shape index (κ3) is 9.07. The number of hydrogen-bond donors (Lipinski definition) is 3. The molecule has 308 valence electrons. The second kappa shape index (κ2) is 19.0. The van der Waals surface area contributed by atoms with Gasteiger partial charge in [0.1, 0.15) is 17.9 Å². The first-order valence-corrected chi connectivity index (χ1v) is 21.2. The summed E-state index contributed by atoms with van der Waals surface area (Å²) in [7, 11) is 3.44. The van der Waals surface area contributed by atoms with Gasteiger partial charge in [-0.05, 0) is 121 Å². The van der Waals surface area contributed by atoms with Crippen molar-refractivity contribution in [2.75, 3.05) is 32.6 Å². The van der Waals surface area contributed by atoms with Gasteiger partial charge >= 0.3 is 6.09 Å². The fourth-order valence-corrected chi connectivity index (χ4v) is 9.00. The van der Waals surface area contributed by atoms with Crippen molar-refractivity contribution >= 4 is 23.6 Å². The zero-order chi connectivity index (χ0) is 41.5. The number of nitrogens with zero attached hydrogens (tertiary/aromatic N) is 3. The second-order valence-corrected chi connectivity index (χ2v) is 16.4. The van der Waals surface area contributed by atoms with Crippen LogP contribution in [0.25, 0.3) is 33.5 Å². The van der Waals surface area contributed by atoms with Gasteiger partial charge in [0, 0.05) is 12.2 Å². The Morgan fingerprint density at radius 2 is 1.66 bits per heavy atom. The van der Waals surface area contributed by atoms with Crippen molar-refractivity contribution in [2.24, 2.45) is 5.92 Å². The average Bonchev–Trinajstić information content (AvgIpc) is 4.03. The van der Waals surface area contributed by atoms with Crippen molar-refractivity contribution in [1.82, 2.24) is 25.1 Å². The van der Waals surface area contributed by atoms with E-state index in [0.29, 0.717) is 37.0 Å². The van der Waals surface area contributed by atoms with Crippen LogP contribution in [0.5, 0.6) is 0 Å². The number of benzene rings is 3. The molecule has 0 spiro atoms. The number of H-pyrrole nitrogens is 1. The monoisotopic (exact) mass is 786 g/mol. The lowest BCUT2D eigenvalue weighted by Crippen LogP contribution is -2.54. The molecule has 6 rings (SSSR count). The van der Waals surface area contributed by atoms with E-state index in [9.17, 15) is 14.4 Å². The lowest BCUT2D eigenvalue weighted by molar-refractivity contribution is -0.139. The van der Waals surface area contributed by atoms with Gasteiger partial charge < -0.3 is 25.3 Å².